The Morgan fingerprint density at radius 2 is 2.00 bits per heavy atom. The maximum Gasteiger partial charge on any atom is 0.251 e. The van der Waals surface area contributed by atoms with Gasteiger partial charge in [-0.25, -0.2) is 0 Å². The molecular weight excluding hydrogens is 349 g/mol. The highest BCUT2D eigenvalue weighted by molar-refractivity contribution is 6.32. The molecular formula is C18H19Cl2NO3. The van der Waals surface area contributed by atoms with Gasteiger partial charge in [0.1, 0.15) is 0 Å². The van der Waals surface area contributed by atoms with E-state index in [2.05, 4.69) is 5.32 Å². The third-order valence-corrected chi connectivity index (χ3v) is 3.99. The summed E-state index contributed by atoms with van der Waals surface area (Å²) in [5, 5.41) is 3.87. The van der Waals surface area contributed by atoms with Crippen molar-refractivity contribution in [2.45, 2.75) is 19.9 Å². The number of carbonyl (C=O) groups is 1. The molecule has 1 atom stereocenters. The number of ether oxygens (including phenoxy) is 2. The fourth-order valence-electron chi connectivity index (χ4n) is 2.27. The van der Waals surface area contributed by atoms with Gasteiger partial charge in [-0.1, -0.05) is 35.3 Å². The number of methoxy groups -OCH3 is 1. The molecule has 1 N–H and O–H groups in total. The highest BCUT2D eigenvalue weighted by Crippen LogP contribution is 2.36. The molecule has 128 valence electrons. The second-order valence-corrected chi connectivity index (χ2v) is 6.02. The molecule has 0 aliphatic heterocycles. The van der Waals surface area contributed by atoms with Crippen molar-refractivity contribution in [3.63, 3.8) is 0 Å². The van der Waals surface area contributed by atoms with Crippen LogP contribution in [-0.2, 0) is 0 Å². The van der Waals surface area contributed by atoms with Crippen LogP contribution in [0.4, 0.5) is 0 Å². The van der Waals surface area contributed by atoms with Crippen LogP contribution in [0.5, 0.6) is 11.5 Å². The lowest BCUT2D eigenvalue weighted by molar-refractivity contribution is 0.0939. The molecule has 6 heteroatoms. The highest BCUT2D eigenvalue weighted by atomic mass is 35.5. The van der Waals surface area contributed by atoms with E-state index in [1.807, 2.05) is 32.0 Å². The lowest BCUT2D eigenvalue weighted by Gasteiger charge is -2.16. The van der Waals surface area contributed by atoms with Crippen LogP contribution in [0.1, 0.15) is 35.8 Å². The van der Waals surface area contributed by atoms with Crippen LogP contribution in [0.2, 0.25) is 10.0 Å². The Morgan fingerprint density at radius 3 is 2.62 bits per heavy atom. The zero-order valence-corrected chi connectivity index (χ0v) is 15.2. The molecule has 0 aliphatic carbocycles. The quantitative estimate of drug-likeness (QED) is 0.790. The van der Waals surface area contributed by atoms with Crippen LogP contribution in [0.3, 0.4) is 0 Å². The van der Waals surface area contributed by atoms with Gasteiger partial charge in [-0.2, -0.15) is 0 Å². The molecule has 0 radical (unpaired) electrons. The van der Waals surface area contributed by atoms with Gasteiger partial charge in [0.2, 0.25) is 0 Å². The van der Waals surface area contributed by atoms with Gasteiger partial charge in [0, 0.05) is 10.6 Å². The van der Waals surface area contributed by atoms with Gasteiger partial charge in [-0.3, -0.25) is 4.79 Å². The van der Waals surface area contributed by atoms with Crippen LogP contribution in [-0.4, -0.2) is 19.6 Å². The Kier molecular flexibility index (Phi) is 6.35. The molecule has 0 aromatic heterocycles. The number of nitrogens with one attached hydrogen (secondary N) is 1. The predicted octanol–water partition coefficient (Wildman–Crippen LogP) is 4.89. The molecule has 0 spiro atoms. The van der Waals surface area contributed by atoms with E-state index in [0.29, 0.717) is 33.7 Å². The number of rotatable bonds is 6. The molecule has 4 nitrogen and oxygen atoms in total. The second-order valence-electron chi connectivity index (χ2n) is 5.17. The van der Waals surface area contributed by atoms with E-state index in [-0.39, 0.29) is 11.9 Å². The van der Waals surface area contributed by atoms with Gasteiger partial charge in [-0.15, -0.1) is 0 Å². The first-order valence-electron chi connectivity index (χ1n) is 7.53. The standard InChI is InChI=1S/C18H19Cl2NO3/c1-4-24-17-15(20)9-13(10-16(17)23-3)18(22)21-11(2)12-6-5-7-14(19)8-12/h5-11H,4H2,1-3H3,(H,21,22). The zero-order chi connectivity index (χ0) is 17.7. The van der Waals surface area contributed by atoms with Crippen LogP contribution < -0.4 is 14.8 Å². The van der Waals surface area contributed by atoms with Gasteiger partial charge in [0.25, 0.3) is 5.91 Å². The first kappa shape index (κ1) is 18.4. The van der Waals surface area contributed by atoms with E-state index in [0.717, 1.165) is 5.56 Å². The van der Waals surface area contributed by atoms with E-state index in [9.17, 15) is 4.79 Å². The summed E-state index contributed by atoms with van der Waals surface area (Å²) >= 11 is 12.2. The van der Waals surface area contributed by atoms with E-state index < -0.39 is 0 Å². The first-order chi connectivity index (χ1) is 11.5. The number of amides is 1. The number of benzene rings is 2. The fraction of sp³-hybridized carbons (Fsp3) is 0.278. The third kappa shape index (κ3) is 4.34. The molecule has 0 heterocycles. The lowest BCUT2D eigenvalue weighted by atomic mass is 10.1. The minimum atomic E-state index is -0.259. The van der Waals surface area contributed by atoms with Crippen LogP contribution in [0.25, 0.3) is 0 Å². The maximum absolute atomic E-state index is 12.5. The summed E-state index contributed by atoms with van der Waals surface area (Å²) in [6.45, 7) is 4.19. The lowest BCUT2D eigenvalue weighted by Crippen LogP contribution is -2.26. The normalized spacial score (nSPS) is 11.7. The van der Waals surface area contributed by atoms with Gasteiger partial charge in [0.15, 0.2) is 11.5 Å². The van der Waals surface area contributed by atoms with Crippen molar-refractivity contribution >= 4 is 29.1 Å². The second kappa shape index (κ2) is 8.27. The molecule has 0 fully saturated rings. The smallest absolute Gasteiger partial charge is 0.251 e. The Labute approximate surface area is 151 Å². The predicted molar refractivity (Wildman–Crippen MR) is 96.5 cm³/mol. The van der Waals surface area contributed by atoms with E-state index in [1.165, 1.54) is 7.11 Å². The fourth-order valence-corrected chi connectivity index (χ4v) is 2.74. The van der Waals surface area contributed by atoms with Crippen molar-refractivity contribution in [3.8, 4) is 11.5 Å². The van der Waals surface area contributed by atoms with Crippen molar-refractivity contribution in [1.82, 2.24) is 5.32 Å². The van der Waals surface area contributed by atoms with E-state index in [1.54, 1.807) is 18.2 Å². The highest BCUT2D eigenvalue weighted by Gasteiger charge is 2.17. The SMILES string of the molecule is CCOc1c(Cl)cc(C(=O)NC(C)c2cccc(Cl)c2)cc1OC. The summed E-state index contributed by atoms with van der Waals surface area (Å²) in [6.07, 6.45) is 0. The first-order valence-corrected chi connectivity index (χ1v) is 8.28. The van der Waals surface area contributed by atoms with Crippen molar-refractivity contribution < 1.29 is 14.3 Å². The summed E-state index contributed by atoms with van der Waals surface area (Å²) in [4.78, 5) is 12.5. The maximum atomic E-state index is 12.5. The van der Waals surface area contributed by atoms with Gasteiger partial charge in [-0.05, 0) is 43.7 Å². The molecule has 2 aromatic carbocycles. The molecule has 2 rings (SSSR count). The molecule has 24 heavy (non-hydrogen) atoms. The summed E-state index contributed by atoms with van der Waals surface area (Å²) < 4.78 is 10.7. The molecule has 0 aliphatic rings. The van der Waals surface area contributed by atoms with Gasteiger partial charge in [0.05, 0.1) is 24.8 Å². The third-order valence-electron chi connectivity index (χ3n) is 3.48. The minimum absolute atomic E-state index is 0.201. The number of halogens is 2. The molecule has 0 saturated heterocycles. The largest absolute Gasteiger partial charge is 0.493 e. The Hall–Kier alpha value is -1.91. The van der Waals surface area contributed by atoms with Crippen molar-refractivity contribution in [1.29, 1.82) is 0 Å². The summed E-state index contributed by atoms with van der Waals surface area (Å²) in [7, 11) is 1.50. The average Bonchev–Trinajstić information content (AvgIpc) is 2.56. The zero-order valence-electron chi connectivity index (χ0n) is 13.7. The Balaban J connectivity index is 2.22. The van der Waals surface area contributed by atoms with Crippen LogP contribution in [0, 0.1) is 0 Å². The Morgan fingerprint density at radius 1 is 1.25 bits per heavy atom. The van der Waals surface area contributed by atoms with Crippen LogP contribution >= 0.6 is 23.2 Å². The molecule has 0 saturated carbocycles. The number of hydrogen-bond acceptors (Lipinski definition) is 3. The van der Waals surface area contributed by atoms with E-state index >= 15 is 0 Å². The van der Waals surface area contributed by atoms with E-state index in [4.69, 9.17) is 32.7 Å². The molecule has 0 bridgehead atoms. The van der Waals surface area contributed by atoms with Crippen LogP contribution in [0.15, 0.2) is 36.4 Å². The van der Waals surface area contributed by atoms with Crippen molar-refractivity contribution in [3.05, 3.63) is 57.6 Å². The summed E-state index contributed by atoms with van der Waals surface area (Å²) in [5.74, 6) is 0.594. The minimum Gasteiger partial charge on any atom is -0.493 e. The molecule has 2 aromatic rings. The number of carbonyl (C=O) groups excluding carboxylic acids is 1. The van der Waals surface area contributed by atoms with Crippen molar-refractivity contribution in [2.24, 2.45) is 0 Å². The molecule has 1 amide bonds. The average molecular weight is 368 g/mol. The summed E-state index contributed by atoms with van der Waals surface area (Å²) in [6, 6.07) is 10.3. The molecule has 1 unspecified atom stereocenters. The monoisotopic (exact) mass is 367 g/mol. The van der Waals surface area contributed by atoms with Gasteiger partial charge >= 0.3 is 0 Å². The van der Waals surface area contributed by atoms with Gasteiger partial charge < -0.3 is 14.8 Å². The number of hydrogen-bond donors (Lipinski definition) is 1. The topological polar surface area (TPSA) is 47.6 Å². The summed E-state index contributed by atoms with van der Waals surface area (Å²) in [5.41, 5.74) is 1.31. The van der Waals surface area contributed by atoms with Crippen molar-refractivity contribution in [2.75, 3.05) is 13.7 Å². The Bertz CT molecular complexity index is 734.